The number of para-hydroxylation sites is 1. The summed E-state index contributed by atoms with van der Waals surface area (Å²) in [5.41, 5.74) is 3.43. The molecular weight excluding hydrogens is 380 g/mol. The number of carbonyl (C=O) groups is 1. The van der Waals surface area contributed by atoms with E-state index in [1.165, 1.54) is 0 Å². The van der Waals surface area contributed by atoms with Crippen LogP contribution in [0, 0.1) is 0 Å². The molecule has 0 aliphatic carbocycles. The van der Waals surface area contributed by atoms with Crippen LogP contribution in [-0.2, 0) is 6.54 Å². The summed E-state index contributed by atoms with van der Waals surface area (Å²) in [7, 11) is 0. The Bertz CT molecular complexity index is 1200. The minimum absolute atomic E-state index is 0.255. The Kier molecular flexibility index (Phi) is 3.88. The van der Waals surface area contributed by atoms with Crippen molar-refractivity contribution in [1.82, 2.24) is 25.2 Å². The molecule has 4 aromatic rings. The van der Waals surface area contributed by atoms with E-state index in [2.05, 4.69) is 25.9 Å². The molecule has 140 valence electrons. The molecule has 3 N–H and O–H groups in total. The number of amides is 1. The first-order valence-corrected chi connectivity index (χ1v) is 9.15. The van der Waals surface area contributed by atoms with E-state index in [9.17, 15) is 9.90 Å². The molecular formula is C19H15ClN6O2. The number of tetrazole rings is 1. The number of nitrogens with one attached hydrogen (secondary N) is 2. The Hall–Kier alpha value is -3.23. The number of H-pyrrole nitrogens is 1. The van der Waals surface area contributed by atoms with Crippen molar-refractivity contribution in [3.63, 3.8) is 0 Å². The van der Waals surface area contributed by atoms with Gasteiger partial charge in [0.2, 0.25) is 0 Å². The van der Waals surface area contributed by atoms with Crippen molar-refractivity contribution < 1.29 is 9.90 Å². The maximum atomic E-state index is 13.1. The van der Waals surface area contributed by atoms with E-state index >= 15 is 0 Å². The highest BCUT2D eigenvalue weighted by Crippen LogP contribution is 2.35. The smallest absolute Gasteiger partial charge is 0.272 e. The minimum Gasteiger partial charge on any atom is -0.388 e. The third-order valence-corrected chi connectivity index (χ3v) is 5.23. The van der Waals surface area contributed by atoms with Crippen molar-refractivity contribution in [3.8, 4) is 11.4 Å². The molecule has 1 aliphatic heterocycles. The van der Waals surface area contributed by atoms with Gasteiger partial charge in [0.25, 0.3) is 5.91 Å². The number of halogens is 1. The van der Waals surface area contributed by atoms with E-state index < -0.39 is 6.10 Å². The molecule has 8 nitrogen and oxygen atoms in total. The summed E-state index contributed by atoms with van der Waals surface area (Å²) in [5.74, 6) is 0.152. The second kappa shape index (κ2) is 6.43. The summed E-state index contributed by atoms with van der Waals surface area (Å²) in [6.45, 7) is 0.573. The van der Waals surface area contributed by atoms with Crippen LogP contribution in [-0.4, -0.2) is 36.2 Å². The Morgan fingerprint density at radius 3 is 3.00 bits per heavy atom. The van der Waals surface area contributed by atoms with Gasteiger partial charge in [0.1, 0.15) is 5.69 Å². The fraction of sp³-hybridized carbons (Fsp3) is 0.158. The van der Waals surface area contributed by atoms with Crippen LogP contribution in [0.5, 0.6) is 0 Å². The molecule has 1 aliphatic rings. The minimum atomic E-state index is -0.510. The topological polar surface area (TPSA) is 109 Å². The van der Waals surface area contributed by atoms with Crippen LogP contribution in [0.15, 0.2) is 42.5 Å². The van der Waals surface area contributed by atoms with Crippen LogP contribution >= 0.6 is 11.6 Å². The summed E-state index contributed by atoms with van der Waals surface area (Å²) < 4.78 is 1.96. The number of hydrogen-bond donors (Lipinski definition) is 3. The molecule has 0 bridgehead atoms. The van der Waals surface area contributed by atoms with Gasteiger partial charge in [0.15, 0.2) is 5.82 Å². The Morgan fingerprint density at radius 1 is 1.29 bits per heavy atom. The van der Waals surface area contributed by atoms with Gasteiger partial charge in [-0.3, -0.25) is 4.79 Å². The lowest BCUT2D eigenvalue weighted by Gasteiger charge is -2.22. The number of aliphatic hydroxyl groups excluding tert-OH is 1. The normalized spacial score (nSPS) is 15.7. The highest BCUT2D eigenvalue weighted by atomic mass is 35.5. The fourth-order valence-corrected chi connectivity index (χ4v) is 3.90. The summed E-state index contributed by atoms with van der Waals surface area (Å²) in [6.07, 6.45) is 0.0561. The van der Waals surface area contributed by atoms with Crippen molar-refractivity contribution in [1.29, 1.82) is 0 Å². The van der Waals surface area contributed by atoms with Crippen molar-refractivity contribution in [2.45, 2.75) is 19.1 Å². The number of nitrogens with zero attached hydrogens (tertiary/aromatic N) is 4. The highest BCUT2D eigenvalue weighted by molar-refractivity contribution is 6.31. The second-order valence-electron chi connectivity index (χ2n) is 6.66. The predicted octanol–water partition coefficient (Wildman–Crippen LogP) is 3.16. The molecule has 0 radical (unpaired) electrons. The number of aromatic nitrogens is 5. The van der Waals surface area contributed by atoms with Crippen LogP contribution < -0.4 is 5.32 Å². The van der Waals surface area contributed by atoms with Gasteiger partial charge in [-0.2, -0.15) is 0 Å². The molecule has 0 fully saturated rings. The van der Waals surface area contributed by atoms with E-state index in [1.54, 1.807) is 18.2 Å². The maximum Gasteiger partial charge on any atom is 0.272 e. The quantitative estimate of drug-likeness (QED) is 0.494. The Morgan fingerprint density at radius 2 is 2.18 bits per heavy atom. The van der Waals surface area contributed by atoms with Crippen LogP contribution in [0.1, 0.15) is 28.6 Å². The van der Waals surface area contributed by atoms with Crippen LogP contribution in [0.25, 0.3) is 22.3 Å². The van der Waals surface area contributed by atoms with E-state index in [1.807, 2.05) is 28.8 Å². The van der Waals surface area contributed by atoms with E-state index in [0.29, 0.717) is 40.8 Å². The zero-order valence-electron chi connectivity index (χ0n) is 14.6. The molecule has 0 spiro atoms. The lowest BCUT2D eigenvalue weighted by atomic mass is 10.0. The Balaban J connectivity index is 1.56. The highest BCUT2D eigenvalue weighted by Gasteiger charge is 2.25. The standard InChI is InChI=1S/C19H15ClN6O2/c20-11-4-5-14(13(9-11)18-22-24-25-23-18)21-19(28)15-8-10-2-1-3-12-16(27)6-7-26(15)17(10)12/h1-5,8-9,16,27H,6-7H2,(H,21,28)(H,22,23,24,25). The number of hydrogen-bond acceptors (Lipinski definition) is 5. The number of carbonyl (C=O) groups excluding carboxylic acids is 1. The lowest BCUT2D eigenvalue weighted by molar-refractivity contribution is 0.101. The van der Waals surface area contributed by atoms with Gasteiger partial charge in [-0.1, -0.05) is 29.8 Å². The fourth-order valence-electron chi connectivity index (χ4n) is 3.73. The Labute approximate surface area is 164 Å². The van der Waals surface area contributed by atoms with Crippen molar-refractivity contribution >= 4 is 34.1 Å². The lowest BCUT2D eigenvalue weighted by Crippen LogP contribution is -2.21. The average molecular weight is 395 g/mol. The predicted molar refractivity (Wildman–Crippen MR) is 104 cm³/mol. The third-order valence-electron chi connectivity index (χ3n) is 5.00. The summed E-state index contributed by atoms with van der Waals surface area (Å²) in [5, 5.41) is 28.4. The van der Waals surface area contributed by atoms with Crippen LogP contribution in [0.4, 0.5) is 5.69 Å². The van der Waals surface area contributed by atoms with E-state index in [0.717, 1.165) is 16.5 Å². The number of rotatable bonds is 3. The number of aryl methyl sites for hydroxylation is 1. The molecule has 3 heterocycles. The van der Waals surface area contributed by atoms with E-state index in [4.69, 9.17) is 11.6 Å². The molecule has 1 unspecified atom stereocenters. The third kappa shape index (κ3) is 2.65. The van der Waals surface area contributed by atoms with Crippen molar-refractivity contribution in [2.24, 2.45) is 0 Å². The van der Waals surface area contributed by atoms with Gasteiger partial charge < -0.3 is 15.0 Å². The first-order valence-electron chi connectivity index (χ1n) is 8.77. The van der Waals surface area contributed by atoms with Gasteiger partial charge in [-0.05, 0) is 41.1 Å². The molecule has 1 atom stereocenters. The number of aliphatic hydroxyl groups is 1. The van der Waals surface area contributed by atoms with Gasteiger partial charge >= 0.3 is 0 Å². The molecule has 0 saturated carbocycles. The molecule has 0 saturated heterocycles. The molecule has 2 aromatic heterocycles. The molecule has 1 amide bonds. The van der Waals surface area contributed by atoms with Crippen molar-refractivity contribution in [3.05, 3.63) is 58.7 Å². The number of aromatic amines is 1. The average Bonchev–Trinajstić information content (AvgIpc) is 3.35. The van der Waals surface area contributed by atoms with Crippen LogP contribution in [0.2, 0.25) is 5.02 Å². The van der Waals surface area contributed by atoms with Crippen LogP contribution in [0.3, 0.4) is 0 Å². The largest absolute Gasteiger partial charge is 0.388 e. The second-order valence-corrected chi connectivity index (χ2v) is 7.10. The molecule has 9 heteroatoms. The van der Waals surface area contributed by atoms with Gasteiger partial charge in [-0.25, -0.2) is 5.10 Å². The summed E-state index contributed by atoms with van der Waals surface area (Å²) >= 11 is 6.10. The SMILES string of the molecule is O=C(Nc1ccc(Cl)cc1-c1nnn[nH]1)c1cc2cccc3c2n1CCC3O. The first-order chi connectivity index (χ1) is 13.6. The maximum absolute atomic E-state index is 13.1. The summed E-state index contributed by atoms with van der Waals surface area (Å²) in [6, 6.07) is 12.7. The zero-order chi connectivity index (χ0) is 19.3. The molecule has 2 aromatic carbocycles. The number of anilines is 1. The number of benzene rings is 2. The molecule has 5 rings (SSSR count). The summed E-state index contributed by atoms with van der Waals surface area (Å²) in [4.78, 5) is 13.1. The van der Waals surface area contributed by atoms with Crippen molar-refractivity contribution in [2.75, 3.05) is 5.32 Å². The monoisotopic (exact) mass is 394 g/mol. The van der Waals surface area contributed by atoms with Gasteiger partial charge in [0, 0.05) is 28.1 Å². The molecule has 28 heavy (non-hydrogen) atoms. The first kappa shape index (κ1) is 16.9. The zero-order valence-corrected chi connectivity index (χ0v) is 15.3. The van der Waals surface area contributed by atoms with Gasteiger partial charge in [-0.15, -0.1) is 5.10 Å². The van der Waals surface area contributed by atoms with E-state index in [-0.39, 0.29) is 5.91 Å². The van der Waals surface area contributed by atoms with Gasteiger partial charge in [0.05, 0.1) is 17.3 Å².